The lowest BCUT2D eigenvalue weighted by atomic mass is 10.3. The van der Waals surface area contributed by atoms with E-state index in [4.69, 9.17) is 0 Å². The van der Waals surface area contributed by atoms with Gasteiger partial charge >= 0.3 is 0 Å². The molecule has 80 valence electrons. The van der Waals surface area contributed by atoms with Crippen LogP contribution in [0.1, 0.15) is 20.3 Å². The van der Waals surface area contributed by atoms with Gasteiger partial charge in [-0.25, -0.2) is 0 Å². The Labute approximate surface area is 91.0 Å². The molecule has 1 N–H and O–H groups in total. The zero-order valence-corrected chi connectivity index (χ0v) is 10.3. The van der Waals surface area contributed by atoms with Crippen molar-refractivity contribution >= 4 is 29.4 Å². The van der Waals surface area contributed by atoms with E-state index < -0.39 is 0 Å². The van der Waals surface area contributed by atoms with Crippen LogP contribution in [0.5, 0.6) is 0 Å². The Morgan fingerprint density at radius 3 is 2.31 bits per heavy atom. The first-order chi connectivity index (χ1) is 5.61. The molecule has 0 heterocycles. The molecule has 0 aliphatic carbocycles. The predicted molar refractivity (Wildman–Crippen MR) is 61.7 cm³/mol. The molecular weight excluding hydrogens is 208 g/mol. The van der Waals surface area contributed by atoms with Crippen LogP contribution in [0.2, 0.25) is 0 Å². The molecule has 0 aliphatic heterocycles. The second-order valence-electron chi connectivity index (χ2n) is 2.75. The lowest BCUT2D eigenvalue weighted by Crippen LogP contribution is -2.42. The Balaban J connectivity index is 0. The summed E-state index contributed by atoms with van der Waals surface area (Å²) in [4.78, 5) is 13.2. The van der Waals surface area contributed by atoms with Gasteiger partial charge in [-0.15, -0.1) is 12.4 Å². The fourth-order valence-corrected chi connectivity index (χ4v) is 1.39. The summed E-state index contributed by atoms with van der Waals surface area (Å²) in [6, 6.07) is 0. The van der Waals surface area contributed by atoms with Crippen LogP contribution in [0.4, 0.5) is 4.79 Å². The average molecular weight is 227 g/mol. The Kier molecular flexibility index (Phi) is 10.3. The van der Waals surface area contributed by atoms with Gasteiger partial charge in [0.05, 0.1) is 6.17 Å². The molecule has 0 rings (SSSR count). The van der Waals surface area contributed by atoms with Crippen LogP contribution in [-0.4, -0.2) is 36.2 Å². The molecule has 0 saturated heterocycles. The van der Waals surface area contributed by atoms with Crippen LogP contribution >= 0.6 is 24.2 Å². The van der Waals surface area contributed by atoms with Crippen LogP contribution in [0.3, 0.4) is 0 Å². The van der Waals surface area contributed by atoms with Gasteiger partial charge in [-0.2, -0.15) is 0 Å². The fraction of sp³-hybridized carbons (Fsp3) is 0.875. The number of hydrogen-bond acceptors (Lipinski definition) is 3. The minimum Gasteiger partial charge on any atom is -0.331 e. The standard InChI is InChI=1S/C8H18N2OS.ClH/c1-5-7(10(3)4)9-8(11)12-6-2;/h7H,5-6H2,1-4H3,(H,9,11);1H. The number of halogens is 1. The highest BCUT2D eigenvalue weighted by Crippen LogP contribution is 2.03. The first-order valence-corrected chi connectivity index (χ1v) is 5.20. The van der Waals surface area contributed by atoms with Crippen molar-refractivity contribution in [2.75, 3.05) is 19.8 Å². The van der Waals surface area contributed by atoms with Crippen molar-refractivity contribution in [2.24, 2.45) is 0 Å². The number of rotatable bonds is 4. The Bertz CT molecular complexity index is 144. The van der Waals surface area contributed by atoms with E-state index in [9.17, 15) is 4.79 Å². The third-order valence-electron chi connectivity index (χ3n) is 1.57. The highest BCUT2D eigenvalue weighted by atomic mass is 35.5. The molecule has 5 heteroatoms. The zero-order chi connectivity index (χ0) is 9.56. The Morgan fingerprint density at radius 1 is 1.46 bits per heavy atom. The van der Waals surface area contributed by atoms with Crippen LogP contribution < -0.4 is 5.32 Å². The topological polar surface area (TPSA) is 32.3 Å². The number of nitrogens with one attached hydrogen (secondary N) is 1. The molecule has 1 atom stereocenters. The zero-order valence-electron chi connectivity index (χ0n) is 8.66. The second kappa shape index (κ2) is 8.66. The molecule has 1 amide bonds. The van der Waals surface area contributed by atoms with Crippen LogP contribution in [0, 0.1) is 0 Å². The van der Waals surface area contributed by atoms with Crippen LogP contribution in [-0.2, 0) is 0 Å². The predicted octanol–water partition coefficient (Wildman–Crippen LogP) is 2.17. The highest BCUT2D eigenvalue weighted by Gasteiger charge is 2.10. The maximum atomic E-state index is 11.1. The van der Waals surface area contributed by atoms with Crippen molar-refractivity contribution < 1.29 is 4.79 Å². The molecule has 0 aromatic heterocycles. The van der Waals surface area contributed by atoms with Crippen molar-refractivity contribution in [2.45, 2.75) is 26.4 Å². The van der Waals surface area contributed by atoms with Crippen molar-refractivity contribution in [3.8, 4) is 0 Å². The number of hydrogen-bond donors (Lipinski definition) is 1. The van der Waals surface area contributed by atoms with E-state index in [0.29, 0.717) is 0 Å². The molecule has 13 heavy (non-hydrogen) atoms. The minimum atomic E-state index is 0. The van der Waals surface area contributed by atoms with Crippen molar-refractivity contribution in [1.29, 1.82) is 0 Å². The molecule has 0 bridgehead atoms. The van der Waals surface area contributed by atoms with Gasteiger partial charge in [-0.1, -0.05) is 25.6 Å². The molecule has 0 aliphatic rings. The summed E-state index contributed by atoms with van der Waals surface area (Å²) < 4.78 is 0. The van der Waals surface area contributed by atoms with Crippen LogP contribution in [0.25, 0.3) is 0 Å². The van der Waals surface area contributed by atoms with Crippen molar-refractivity contribution in [3.05, 3.63) is 0 Å². The van der Waals surface area contributed by atoms with Crippen LogP contribution in [0.15, 0.2) is 0 Å². The second-order valence-corrected chi connectivity index (χ2v) is 3.99. The number of thioether (sulfide) groups is 1. The molecule has 0 fully saturated rings. The summed E-state index contributed by atoms with van der Waals surface area (Å²) >= 11 is 1.32. The van der Waals surface area contributed by atoms with Crippen molar-refractivity contribution in [3.63, 3.8) is 0 Å². The SMILES string of the molecule is CCSC(=O)NC(CC)N(C)C.Cl. The summed E-state index contributed by atoms with van der Waals surface area (Å²) in [5.41, 5.74) is 0. The number of carbonyl (C=O) groups is 1. The first-order valence-electron chi connectivity index (χ1n) is 4.21. The molecule has 0 spiro atoms. The van der Waals surface area contributed by atoms with Gasteiger partial charge in [0, 0.05) is 0 Å². The Morgan fingerprint density at radius 2 is 2.00 bits per heavy atom. The van der Waals surface area contributed by atoms with E-state index in [1.807, 2.05) is 25.9 Å². The van der Waals surface area contributed by atoms with Gasteiger partial charge in [0.15, 0.2) is 0 Å². The first kappa shape index (κ1) is 15.5. The third-order valence-corrected chi connectivity index (χ3v) is 2.24. The molecule has 0 radical (unpaired) electrons. The normalized spacial score (nSPS) is 12.1. The number of nitrogens with zero attached hydrogens (tertiary/aromatic N) is 1. The summed E-state index contributed by atoms with van der Waals surface area (Å²) in [6.07, 6.45) is 1.10. The van der Waals surface area contributed by atoms with E-state index in [1.165, 1.54) is 11.8 Å². The molecule has 0 aromatic carbocycles. The quantitative estimate of drug-likeness (QED) is 0.746. The maximum Gasteiger partial charge on any atom is 0.280 e. The molecule has 3 nitrogen and oxygen atoms in total. The van der Waals surface area contributed by atoms with Gasteiger partial charge in [0.25, 0.3) is 5.24 Å². The summed E-state index contributed by atoms with van der Waals surface area (Å²) in [5.74, 6) is 0.829. The molecular formula is C8H19ClN2OS. The third kappa shape index (κ3) is 7.16. The minimum absolute atomic E-state index is 0. The monoisotopic (exact) mass is 226 g/mol. The van der Waals surface area contributed by atoms with Gasteiger partial charge < -0.3 is 5.32 Å². The summed E-state index contributed by atoms with van der Waals surface area (Å²) in [6.45, 7) is 4.03. The molecule has 0 aromatic rings. The lowest BCUT2D eigenvalue weighted by molar-refractivity contribution is 0.224. The highest BCUT2D eigenvalue weighted by molar-refractivity contribution is 8.13. The average Bonchev–Trinajstić information content (AvgIpc) is 2.00. The molecule has 0 saturated carbocycles. The van der Waals surface area contributed by atoms with E-state index >= 15 is 0 Å². The van der Waals surface area contributed by atoms with Gasteiger partial charge in [0.1, 0.15) is 0 Å². The molecule has 1 unspecified atom stereocenters. The van der Waals surface area contributed by atoms with E-state index in [2.05, 4.69) is 12.2 Å². The number of amides is 1. The van der Waals surface area contributed by atoms with E-state index in [0.717, 1.165) is 12.2 Å². The van der Waals surface area contributed by atoms with Gasteiger partial charge in [-0.3, -0.25) is 9.69 Å². The summed E-state index contributed by atoms with van der Waals surface area (Å²) in [5, 5.41) is 2.98. The Hall–Kier alpha value is 0.0700. The van der Waals surface area contributed by atoms with Gasteiger partial charge in [-0.05, 0) is 26.3 Å². The summed E-state index contributed by atoms with van der Waals surface area (Å²) in [7, 11) is 3.93. The fourth-order valence-electron chi connectivity index (χ4n) is 0.905. The van der Waals surface area contributed by atoms with E-state index in [-0.39, 0.29) is 23.8 Å². The van der Waals surface area contributed by atoms with E-state index in [1.54, 1.807) is 0 Å². The largest absolute Gasteiger partial charge is 0.331 e. The van der Waals surface area contributed by atoms with Crippen molar-refractivity contribution in [1.82, 2.24) is 10.2 Å². The van der Waals surface area contributed by atoms with Gasteiger partial charge in [0.2, 0.25) is 0 Å². The lowest BCUT2D eigenvalue weighted by Gasteiger charge is -2.23. The smallest absolute Gasteiger partial charge is 0.280 e. The number of carbonyl (C=O) groups excluding carboxylic acids is 1. The maximum absolute atomic E-state index is 11.1.